The predicted octanol–water partition coefficient (Wildman–Crippen LogP) is 2.46. The zero-order valence-electron chi connectivity index (χ0n) is 14.2. The Labute approximate surface area is 128 Å². The van der Waals surface area contributed by atoms with E-state index in [4.69, 9.17) is 4.74 Å². The fraction of sp³-hybridized carbons (Fsp3) is 0.875. The van der Waals surface area contributed by atoms with E-state index in [2.05, 4.69) is 22.5 Å². The molecule has 0 heterocycles. The van der Waals surface area contributed by atoms with E-state index in [1.807, 2.05) is 27.7 Å². The maximum Gasteiger partial charge on any atom is 0.328 e. The van der Waals surface area contributed by atoms with Crippen molar-refractivity contribution in [3.8, 4) is 0 Å². The molecule has 21 heavy (non-hydrogen) atoms. The maximum absolute atomic E-state index is 11.7. The molecule has 0 radical (unpaired) electrons. The number of nitrogens with one attached hydrogen (secondary N) is 2. The molecule has 1 rings (SSSR count). The van der Waals surface area contributed by atoms with Crippen molar-refractivity contribution in [2.75, 3.05) is 19.6 Å². The Hall–Kier alpha value is -1.26. The Bertz CT molecular complexity index is 363. The predicted molar refractivity (Wildman–Crippen MR) is 86.4 cm³/mol. The first-order valence-corrected chi connectivity index (χ1v) is 8.04. The molecule has 5 heteroatoms. The second-order valence-corrected chi connectivity index (χ2v) is 6.84. The van der Waals surface area contributed by atoms with Crippen molar-refractivity contribution in [3.05, 3.63) is 0 Å². The minimum absolute atomic E-state index is 0.0473. The van der Waals surface area contributed by atoms with E-state index in [1.54, 1.807) is 0 Å². The Morgan fingerprint density at radius 1 is 1.24 bits per heavy atom. The van der Waals surface area contributed by atoms with Gasteiger partial charge in [-0.1, -0.05) is 13.3 Å². The maximum atomic E-state index is 11.7. The highest BCUT2D eigenvalue weighted by Crippen LogP contribution is 2.42. The highest BCUT2D eigenvalue weighted by atomic mass is 16.6. The summed E-state index contributed by atoms with van der Waals surface area (Å²) in [5.74, 6) is 0.400. The van der Waals surface area contributed by atoms with Crippen LogP contribution in [-0.2, 0) is 9.53 Å². The number of ether oxygens (including phenoxy) is 1. The number of carbonyl (C=O) groups is 1. The number of rotatable bonds is 6. The first-order chi connectivity index (χ1) is 9.80. The minimum Gasteiger partial charge on any atom is -0.459 e. The van der Waals surface area contributed by atoms with Gasteiger partial charge in [0.2, 0.25) is 0 Å². The van der Waals surface area contributed by atoms with Crippen LogP contribution in [-0.4, -0.2) is 37.2 Å². The van der Waals surface area contributed by atoms with Crippen molar-refractivity contribution in [1.29, 1.82) is 0 Å². The molecule has 5 nitrogen and oxygen atoms in total. The molecule has 0 saturated heterocycles. The molecule has 0 atom stereocenters. The van der Waals surface area contributed by atoms with Crippen molar-refractivity contribution in [3.63, 3.8) is 0 Å². The highest BCUT2D eigenvalue weighted by Gasteiger charge is 2.34. The molecule has 0 spiro atoms. The first-order valence-electron chi connectivity index (χ1n) is 8.04. The van der Waals surface area contributed by atoms with Crippen LogP contribution in [0.2, 0.25) is 0 Å². The lowest BCUT2D eigenvalue weighted by Gasteiger charge is -2.41. The summed E-state index contributed by atoms with van der Waals surface area (Å²) in [6.07, 6.45) is 5.07. The third-order valence-corrected chi connectivity index (χ3v) is 3.93. The van der Waals surface area contributed by atoms with Gasteiger partial charge in [-0.3, -0.25) is 4.79 Å². The van der Waals surface area contributed by atoms with Gasteiger partial charge in [-0.15, -0.1) is 0 Å². The summed E-state index contributed by atoms with van der Waals surface area (Å²) in [5.41, 5.74) is -0.0430. The van der Waals surface area contributed by atoms with Gasteiger partial charge in [0.25, 0.3) is 0 Å². The van der Waals surface area contributed by atoms with Crippen LogP contribution in [0.3, 0.4) is 0 Å². The molecule has 0 aliphatic heterocycles. The lowest BCUT2D eigenvalue weighted by atomic mass is 9.67. The summed E-state index contributed by atoms with van der Waals surface area (Å²) < 4.78 is 5.26. The monoisotopic (exact) mass is 297 g/mol. The van der Waals surface area contributed by atoms with Crippen molar-refractivity contribution in [2.45, 2.75) is 65.9 Å². The van der Waals surface area contributed by atoms with E-state index < -0.39 is 5.60 Å². The largest absolute Gasteiger partial charge is 0.459 e. The molecule has 0 aromatic carbocycles. The second kappa shape index (κ2) is 7.66. The molecule has 0 aromatic heterocycles. The molecule has 0 unspecified atom stereocenters. The Balaban J connectivity index is 2.48. The molecule has 0 amide bonds. The summed E-state index contributed by atoms with van der Waals surface area (Å²) in [6.45, 7) is 11.6. The van der Waals surface area contributed by atoms with Gasteiger partial charge in [0.15, 0.2) is 5.96 Å². The van der Waals surface area contributed by atoms with Crippen LogP contribution in [0, 0.1) is 5.41 Å². The Morgan fingerprint density at radius 2 is 1.90 bits per heavy atom. The number of aliphatic imine (C=N–C) groups is 1. The van der Waals surface area contributed by atoms with Crippen LogP contribution >= 0.6 is 0 Å². The third-order valence-electron chi connectivity index (χ3n) is 3.93. The summed E-state index contributed by atoms with van der Waals surface area (Å²) in [6, 6.07) is 0. The number of esters is 1. The van der Waals surface area contributed by atoms with Gasteiger partial charge in [-0.05, 0) is 52.4 Å². The van der Waals surface area contributed by atoms with Gasteiger partial charge < -0.3 is 15.4 Å². The van der Waals surface area contributed by atoms with Gasteiger partial charge in [0.05, 0.1) is 0 Å². The zero-order valence-corrected chi connectivity index (χ0v) is 14.2. The molecule has 2 N–H and O–H groups in total. The van der Waals surface area contributed by atoms with Crippen LogP contribution in [0.5, 0.6) is 0 Å². The zero-order chi connectivity index (χ0) is 15.9. The quantitative estimate of drug-likeness (QED) is 0.449. The van der Waals surface area contributed by atoms with Gasteiger partial charge in [-0.25, -0.2) is 4.99 Å². The SMILES string of the molecule is CCNC(=NCC(=O)OC(C)(C)C)NCC1(CC)CCC1. The van der Waals surface area contributed by atoms with Crippen LogP contribution in [0.15, 0.2) is 4.99 Å². The minimum atomic E-state index is -0.462. The van der Waals surface area contributed by atoms with Crippen molar-refractivity contribution in [1.82, 2.24) is 10.6 Å². The summed E-state index contributed by atoms with van der Waals surface area (Å²) >= 11 is 0. The lowest BCUT2D eigenvalue weighted by Crippen LogP contribution is -2.46. The average molecular weight is 297 g/mol. The molecule has 1 aliphatic carbocycles. The fourth-order valence-corrected chi connectivity index (χ4v) is 2.46. The van der Waals surface area contributed by atoms with E-state index >= 15 is 0 Å². The van der Waals surface area contributed by atoms with E-state index in [-0.39, 0.29) is 12.5 Å². The van der Waals surface area contributed by atoms with Crippen LogP contribution in [0.1, 0.15) is 60.3 Å². The van der Waals surface area contributed by atoms with Gasteiger partial charge in [0.1, 0.15) is 12.1 Å². The number of guanidine groups is 1. The Kier molecular flexibility index (Phi) is 6.49. The van der Waals surface area contributed by atoms with Gasteiger partial charge in [-0.2, -0.15) is 0 Å². The van der Waals surface area contributed by atoms with E-state index in [9.17, 15) is 4.79 Å². The average Bonchev–Trinajstić information content (AvgIpc) is 2.32. The van der Waals surface area contributed by atoms with Crippen molar-refractivity contribution >= 4 is 11.9 Å². The topological polar surface area (TPSA) is 62.7 Å². The molecule has 122 valence electrons. The molecule has 0 bridgehead atoms. The van der Waals surface area contributed by atoms with Crippen LogP contribution in [0.25, 0.3) is 0 Å². The molecule has 0 aromatic rings. The van der Waals surface area contributed by atoms with Gasteiger partial charge >= 0.3 is 5.97 Å². The number of hydrogen-bond acceptors (Lipinski definition) is 3. The third kappa shape index (κ3) is 6.36. The van der Waals surface area contributed by atoms with Crippen LogP contribution in [0.4, 0.5) is 0 Å². The highest BCUT2D eigenvalue weighted by molar-refractivity contribution is 5.83. The van der Waals surface area contributed by atoms with Gasteiger partial charge in [0, 0.05) is 13.1 Å². The normalized spacial score (nSPS) is 17.9. The lowest BCUT2D eigenvalue weighted by molar-refractivity contribution is -0.152. The van der Waals surface area contributed by atoms with Crippen LogP contribution < -0.4 is 10.6 Å². The second-order valence-electron chi connectivity index (χ2n) is 6.84. The van der Waals surface area contributed by atoms with Crippen molar-refractivity contribution < 1.29 is 9.53 Å². The Morgan fingerprint density at radius 3 is 2.33 bits per heavy atom. The summed E-state index contributed by atoms with van der Waals surface area (Å²) in [7, 11) is 0. The molecular formula is C16H31N3O2. The first kappa shape index (κ1) is 17.8. The summed E-state index contributed by atoms with van der Waals surface area (Å²) in [4.78, 5) is 16.0. The molecular weight excluding hydrogens is 266 g/mol. The standard InChI is InChI=1S/C16H31N3O2/c1-6-16(9-8-10-16)12-19-14(17-7-2)18-11-13(20)21-15(3,4)5/h6-12H2,1-5H3,(H2,17,18,19). The molecule has 1 saturated carbocycles. The van der Waals surface area contributed by atoms with Crippen molar-refractivity contribution in [2.24, 2.45) is 10.4 Å². The molecule has 1 aliphatic rings. The number of carbonyl (C=O) groups excluding carboxylic acids is 1. The number of nitrogens with zero attached hydrogens (tertiary/aromatic N) is 1. The smallest absolute Gasteiger partial charge is 0.328 e. The van der Waals surface area contributed by atoms with E-state index in [0.29, 0.717) is 11.4 Å². The summed E-state index contributed by atoms with van der Waals surface area (Å²) in [5, 5.41) is 6.54. The molecule has 1 fully saturated rings. The van der Waals surface area contributed by atoms with E-state index in [0.717, 1.165) is 13.1 Å². The van der Waals surface area contributed by atoms with E-state index in [1.165, 1.54) is 25.7 Å². The number of hydrogen-bond donors (Lipinski definition) is 2. The fourth-order valence-electron chi connectivity index (χ4n) is 2.46.